The third-order valence-corrected chi connectivity index (χ3v) is 3.26. The molecule has 2 amide bonds. The second-order valence-corrected chi connectivity index (χ2v) is 4.85. The Morgan fingerprint density at radius 3 is 2.17 bits per heavy atom. The molecule has 0 atom stereocenters. The predicted molar refractivity (Wildman–Crippen MR) is 89.9 cm³/mol. The lowest BCUT2D eigenvalue weighted by atomic mass is 10.2. The molecule has 122 valence electrons. The van der Waals surface area contributed by atoms with Crippen LogP contribution in [0.15, 0.2) is 36.4 Å². The summed E-state index contributed by atoms with van der Waals surface area (Å²) in [6.45, 7) is 1.94. The first-order chi connectivity index (χ1) is 11.1. The van der Waals surface area contributed by atoms with Crippen molar-refractivity contribution in [2.75, 3.05) is 32.0 Å². The zero-order valence-electron chi connectivity index (χ0n) is 13.6. The van der Waals surface area contributed by atoms with E-state index in [9.17, 15) is 4.79 Å². The van der Waals surface area contributed by atoms with Gasteiger partial charge in [-0.3, -0.25) is 0 Å². The number of hydrogen-bond acceptors (Lipinski definition) is 4. The molecule has 2 rings (SSSR count). The summed E-state index contributed by atoms with van der Waals surface area (Å²) in [5, 5.41) is 5.51. The Morgan fingerprint density at radius 1 is 0.826 bits per heavy atom. The van der Waals surface area contributed by atoms with Crippen molar-refractivity contribution in [2.45, 2.75) is 6.92 Å². The molecule has 6 nitrogen and oxygen atoms in total. The van der Waals surface area contributed by atoms with Gasteiger partial charge >= 0.3 is 6.03 Å². The number of carbonyl (C=O) groups excluding carboxylic acids is 1. The number of ether oxygens (including phenoxy) is 3. The van der Waals surface area contributed by atoms with Gasteiger partial charge in [0.05, 0.1) is 32.7 Å². The molecule has 0 saturated heterocycles. The van der Waals surface area contributed by atoms with Crippen LogP contribution in [0.4, 0.5) is 16.2 Å². The molecule has 0 unspecified atom stereocenters. The van der Waals surface area contributed by atoms with E-state index >= 15 is 0 Å². The highest BCUT2D eigenvalue weighted by molar-refractivity contribution is 6.01. The van der Waals surface area contributed by atoms with Crippen LogP contribution in [0.1, 0.15) is 5.56 Å². The number of benzene rings is 2. The van der Waals surface area contributed by atoms with Crippen LogP contribution in [0, 0.1) is 6.92 Å². The van der Waals surface area contributed by atoms with Crippen LogP contribution in [0.2, 0.25) is 0 Å². The third kappa shape index (κ3) is 4.06. The lowest BCUT2D eigenvalue weighted by Gasteiger charge is -2.14. The topological polar surface area (TPSA) is 68.8 Å². The van der Waals surface area contributed by atoms with Crippen molar-refractivity contribution in [3.8, 4) is 17.2 Å². The fourth-order valence-electron chi connectivity index (χ4n) is 2.10. The van der Waals surface area contributed by atoms with Gasteiger partial charge in [-0.1, -0.05) is 6.07 Å². The number of anilines is 2. The molecular formula is C17H20N2O4. The minimum Gasteiger partial charge on any atom is -0.497 e. The minimum atomic E-state index is -0.391. The second kappa shape index (κ2) is 7.40. The summed E-state index contributed by atoms with van der Waals surface area (Å²) in [5.74, 6) is 1.75. The van der Waals surface area contributed by atoms with Crippen LogP contribution in [-0.2, 0) is 0 Å². The molecule has 6 heteroatoms. The highest BCUT2D eigenvalue weighted by Crippen LogP contribution is 2.30. The van der Waals surface area contributed by atoms with Gasteiger partial charge in [-0.05, 0) is 36.8 Å². The summed E-state index contributed by atoms with van der Waals surface area (Å²) in [4.78, 5) is 12.2. The van der Waals surface area contributed by atoms with Gasteiger partial charge in [-0.15, -0.1) is 0 Å². The molecule has 2 aromatic rings. The Morgan fingerprint density at radius 2 is 1.52 bits per heavy atom. The lowest BCUT2D eigenvalue weighted by molar-refractivity contribution is 0.262. The van der Waals surface area contributed by atoms with Gasteiger partial charge in [0.1, 0.15) is 17.2 Å². The van der Waals surface area contributed by atoms with Gasteiger partial charge in [0, 0.05) is 6.07 Å². The Labute approximate surface area is 135 Å². The van der Waals surface area contributed by atoms with Gasteiger partial charge in [0.15, 0.2) is 0 Å². The summed E-state index contributed by atoms with van der Waals surface area (Å²) in [5.41, 5.74) is 2.15. The first-order valence-electron chi connectivity index (χ1n) is 7.02. The smallest absolute Gasteiger partial charge is 0.323 e. The Balaban J connectivity index is 2.15. The fraction of sp³-hybridized carbons (Fsp3) is 0.235. The molecule has 0 bridgehead atoms. The van der Waals surface area contributed by atoms with Crippen LogP contribution in [0.25, 0.3) is 0 Å². The largest absolute Gasteiger partial charge is 0.497 e. The molecule has 0 aliphatic rings. The molecular weight excluding hydrogens is 296 g/mol. The lowest BCUT2D eigenvalue weighted by Crippen LogP contribution is -2.20. The quantitative estimate of drug-likeness (QED) is 0.883. The first-order valence-corrected chi connectivity index (χ1v) is 7.02. The average Bonchev–Trinajstić information content (AvgIpc) is 2.55. The Kier molecular flexibility index (Phi) is 5.30. The van der Waals surface area contributed by atoms with Crippen molar-refractivity contribution < 1.29 is 19.0 Å². The molecule has 2 N–H and O–H groups in total. The maximum Gasteiger partial charge on any atom is 0.323 e. The van der Waals surface area contributed by atoms with Gasteiger partial charge in [-0.25, -0.2) is 4.79 Å². The number of urea groups is 1. The predicted octanol–water partition coefficient (Wildman–Crippen LogP) is 3.66. The van der Waals surface area contributed by atoms with Crippen LogP contribution in [0.5, 0.6) is 17.2 Å². The van der Waals surface area contributed by atoms with Gasteiger partial charge in [-0.2, -0.15) is 0 Å². The van der Waals surface area contributed by atoms with Gasteiger partial charge in [0.2, 0.25) is 0 Å². The van der Waals surface area contributed by atoms with E-state index in [0.717, 1.165) is 5.56 Å². The van der Waals surface area contributed by atoms with Crippen molar-refractivity contribution in [3.05, 3.63) is 42.0 Å². The zero-order valence-corrected chi connectivity index (χ0v) is 13.6. The van der Waals surface area contributed by atoms with E-state index < -0.39 is 6.03 Å². The van der Waals surface area contributed by atoms with E-state index in [2.05, 4.69) is 10.6 Å². The summed E-state index contributed by atoms with van der Waals surface area (Å²) < 4.78 is 15.6. The molecule has 23 heavy (non-hydrogen) atoms. The molecule has 0 aliphatic heterocycles. The normalized spacial score (nSPS) is 9.91. The summed E-state index contributed by atoms with van der Waals surface area (Å²) in [7, 11) is 4.65. The van der Waals surface area contributed by atoms with Gasteiger partial charge in [0.25, 0.3) is 0 Å². The number of amides is 2. The standard InChI is InChI=1S/C17H20N2O4/c1-11-5-8-15(22-3)14(9-11)19-17(20)18-13-7-6-12(21-2)10-16(13)23-4/h5-10H,1-4H3,(H2,18,19,20). The maximum atomic E-state index is 12.2. The van der Waals surface area contributed by atoms with Crippen molar-refractivity contribution in [1.82, 2.24) is 0 Å². The highest BCUT2D eigenvalue weighted by atomic mass is 16.5. The zero-order chi connectivity index (χ0) is 16.8. The van der Waals surface area contributed by atoms with E-state index in [1.165, 1.54) is 7.11 Å². The molecule has 0 radical (unpaired) electrons. The number of hydrogen-bond donors (Lipinski definition) is 2. The molecule has 0 fully saturated rings. The molecule has 0 aromatic heterocycles. The second-order valence-electron chi connectivity index (χ2n) is 4.85. The van der Waals surface area contributed by atoms with E-state index in [1.54, 1.807) is 38.5 Å². The van der Waals surface area contributed by atoms with Gasteiger partial charge < -0.3 is 24.8 Å². The summed E-state index contributed by atoms with van der Waals surface area (Å²) in [6.07, 6.45) is 0. The monoisotopic (exact) mass is 316 g/mol. The highest BCUT2D eigenvalue weighted by Gasteiger charge is 2.11. The molecule has 0 heterocycles. The van der Waals surface area contributed by atoms with E-state index in [1.807, 2.05) is 19.1 Å². The Hall–Kier alpha value is -2.89. The number of rotatable bonds is 5. The average molecular weight is 316 g/mol. The third-order valence-electron chi connectivity index (χ3n) is 3.26. The van der Waals surface area contributed by atoms with E-state index in [0.29, 0.717) is 28.6 Å². The number of nitrogens with one attached hydrogen (secondary N) is 2. The van der Waals surface area contributed by atoms with E-state index in [-0.39, 0.29) is 0 Å². The summed E-state index contributed by atoms with van der Waals surface area (Å²) >= 11 is 0. The van der Waals surface area contributed by atoms with E-state index in [4.69, 9.17) is 14.2 Å². The SMILES string of the molecule is COc1ccc(NC(=O)Nc2cc(C)ccc2OC)c(OC)c1. The fourth-order valence-corrected chi connectivity index (χ4v) is 2.10. The van der Waals surface area contributed by atoms with Crippen molar-refractivity contribution >= 4 is 17.4 Å². The first kappa shape index (κ1) is 16.5. The van der Waals surface area contributed by atoms with Crippen LogP contribution < -0.4 is 24.8 Å². The number of methoxy groups -OCH3 is 3. The van der Waals surface area contributed by atoms with Crippen molar-refractivity contribution in [2.24, 2.45) is 0 Å². The van der Waals surface area contributed by atoms with Crippen LogP contribution >= 0.6 is 0 Å². The van der Waals surface area contributed by atoms with Crippen LogP contribution in [0.3, 0.4) is 0 Å². The minimum absolute atomic E-state index is 0.391. The number of aryl methyl sites for hydroxylation is 1. The maximum absolute atomic E-state index is 12.2. The molecule has 0 spiro atoms. The molecule has 0 saturated carbocycles. The Bertz CT molecular complexity index is 701. The van der Waals surface area contributed by atoms with Crippen molar-refractivity contribution in [1.29, 1.82) is 0 Å². The number of carbonyl (C=O) groups is 1. The van der Waals surface area contributed by atoms with Crippen molar-refractivity contribution in [3.63, 3.8) is 0 Å². The molecule has 2 aromatic carbocycles. The summed E-state index contributed by atoms with van der Waals surface area (Å²) in [6, 6.07) is 10.3. The van der Waals surface area contributed by atoms with Crippen LogP contribution in [-0.4, -0.2) is 27.4 Å². The molecule has 0 aliphatic carbocycles.